The molecule has 0 aliphatic carbocycles. The van der Waals surface area contributed by atoms with Gasteiger partial charge in [-0.2, -0.15) is 0 Å². The van der Waals surface area contributed by atoms with Crippen molar-refractivity contribution in [3.05, 3.63) is 60.2 Å². The van der Waals surface area contributed by atoms with Gasteiger partial charge in [0.2, 0.25) is 5.91 Å². The molecule has 164 valence electrons. The summed E-state index contributed by atoms with van der Waals surface area (Å²) in [6.45, 7) is 8.29. The van der Waals surface area contributed by atoms with Crippen molar-refractivity contribution in [1.82, 2.24) is 10.6 Å². The van der Waals surface area contributed by atoms with Gasteiger partial charge in [-0.1, -0.05) is 35.9 Å². The number of nitrogens with zero attached hydrogens (tertiary/aromatic N) is 2. The Bertz CT molecular complexity index is 879. The molecule has 3 amide bonds. The third-order valence-electron chi connectivity index (χ3n) is 6.16. The van der Waals surface area contributed by atoms with Crippen molar-refractivity contribution in [2.45, 2.75) is 19.4 Å². The molecule has 2 aliphatic heterocycles. The minimum Gasteiger partial charge on any atom is -0.360 e. The zero-order valence-corrected chi connectivity index (χ0v) is 18.1. The summed E-state index contributed by atoms with van der Waals surface area (Å²) in [5.74, 6) is 0.0508. The van der Waals surface area contributed by atoms with Crippen LogP contribution in [0.3, 0.4) is 0 Å². The van der Waals surface area contributed by atoms with Crippen LogP contribution in [0.4, 0.5) is 16.2 Å². The lowest BCUT2D eigenvalue weighted by atomic mass is 10.2. The Morgan fingerprint density at radius 1 is 1.03 bits per heavy atom. The monoisotopic (exact) mass is 422 g/mol. The highest BCUT2D eigenvalue weighted by Crippen LogP contribution is 2.21. The molecule has 2 aliphatic rings. The van der Waals surface area contributed by atoms with Gasteiger partial charge in [0.25, 0.3) is 0 Å². The number of hydrogen-bond acceptors (Lipinski definition) is 3. The van der Waals surface area contributed by atoms with Crippen LogP contribution >= 0.6 is 0 Å². The van der Waals surface area contributed by atoms with Crippen LogP contribution in [0, 0.1) is 6.92 Å². The van der Waals surface area contributed by atoms with Gasteiger partial charge in [0.05, 0.1) is 45.3 Å². The minimum atomic E-state index is -0.189. The number of para-hydroxylation sites is 1. The molecule has 2 aromatic rings. The number of carbonyl (C=O) groups is 2. The number of nitrogens with one attached hydrogen (secondary N) is 3. The Balaban J connectivity index is 1.15. The van der Waals surface area contributed by atoms with Crippen molar-refractivity contribution in [3.8, 4) is 0 Å². The van der Waals surface area contributed by atoms with Gasteiger partial charge in [0.1, 0.15) is 0 Å². The lowest BCUT2D eigenvalue weighted by Gasteiger charge is -2.33. The first kappa shape index (κ1) is 21.2. The SMILES string of the molecule is Cc1ccc(N2C[C@@H](NC(=O)NCC[NH+]3CCN(c4ccccc4)CC3)CC2=O)cc1. The van der Waals surface area contributed by atoms with Gasteiger partial charge < -0.3 is 25.3 Å². The summed E-state index contributed by atoms with van der Waals surface area (Å²) in [7, 11) is 0. The van der Waals surface area contributed by atoms with E-state index in [2.05, 4.69) is 39.8 Å². The molecule has 31 heavy (non-hydrogen) atoms. The number of carbonyl (C=O) groups excluding carboxylic acids is 2. The number of hydrogen-bond donors (Lipinski definition) is 3. The van der Waals surface area contributed by atoms with Gasteiger partial charge >= 0.3 is 6.03 Å². The topological polar surface area (TPSA) is 69.1 Å². The van der Waals surface area contributed by atoms with Crippen molar-refractivity contribution >= 4 is 23.3 Å². The zero-order valence-electron chi connectivity index (χ0n) is 18.1. The maximum Gasteiger partial charge on any atom is 0.315 e. The van der Waals surface area contributed by atoms with E-state index in [0.717, 1.165) is 44.0 Å². The second-order valence-electron chi connectivity index (χ2n) is 8.46. The standard InChI is InChI=1S/C24H31N5O2/c1-19-7-9-22(10-8-19)29-18-20(17-23(29)30)26-24(31)25-11-12-27-13-15-28(16-14-27)21-5-3-2-4-6-21/h2-10,20H,11-18H2,1H3,(H2,25,26,31)/p+1/t20-/m0/s1. The molecule has 0 bridgehead atoms. The van der Waals surface area contributed by atoms with Crippen molar-refractivity contribution in [1.29, 1.82) is 0 Å². The molecule has 0 saturated carbocycles. The third kappa shape index (κ3) is 5.55. The number of rotatable bonds is 6. The van der Waals surface area contributed by atoms with Crippen LogP contribution in [0.5, 0.6) is 0 Å². The first-order valence-corrected chi connectivity index (χ1v) is 11.1. The maximum absolute atomic E-state index is 12.3. The smallest absolute Gasteiger partial charge is 0.315 e. The van der Waals surface area contributed by atoms with E-state index in [1.54, 1.807) is 4.90 Å². The molecular formula is C24H32N5O2+. The van der Waals surface area contributed by atoms with Gasteiger partial charge in [0.15, 0.2) is 0 Å². The summed E-state index contributed by atoms with van der Waals surface area (Å²) in [6.07, 6.45) is 0.341. The van der Waals surface area contributed by atoms with Crippen molar-refractivity contribution in [3.63, 3.8) is 0 Å². The van der Waals surface area contributed by atoms with Crippen LogP contribution in [0.1, 0.15) is 12.0 Å². The third-order valence-corrected chi connectivity index (χ3v) is 6.16. The molecule has 0 spiro atoms. The zero-order chi connectivity index (χ0) is 21.6. The highest BCUT2D eigenvalue weighted by atomic mass is 16.2. The van der Waals surface area contributed by atoms with Crippen LogP contribution < -0.4 is 25.3 Å². The van der Waals surface area contributed by atoms with E-state index in [9.17, 15) is 9.59 Å². The van der Waals surface area contributed by atoms with E-state index in [0.29, 0.717) is 19.5 Å². The van der Waals surface area contributed by atoms with Gasteiger partial charge in [0, 0.05) is 24.3 Å². The molecule has 0 radical (unpaired) electrons. The lowest BCUT2D eigenvalue weighted by molar-refractivity contribution is -0.899. The molecule has 7 heteroatoms. The fourth-order valence-electron chi connectivity index (χ4n) is 4.34. The van der Waals surface area contributed by atoms with Crippen molar-refractivity contribution in [2.75, 3.05) is 55.6 Å². The predicted molar refractivity (Wildman–Crippen MR) is 123 cm³/mol. The van der Waals surface area contributed by atoms with Gasteiger partial charge in [-0.3, -0.25) is 4.79 Å². The Morgan fingerprint density at radius 3 is 2.45 bits per heavy atom. The highest BCUT2D eigenvalue weighted by molar-refractivity contribution is 5.96. The minimum absolute atomic E-state index is 0.0508. The number of quaternary nitrogens is 1. The van der Waals surface area contributed by atoms with Gasteiger partial charge in [-0.05, 0) is 31.2 Å². The second kappa shape index (κ2) is 9.83. The van der Waals surface area contributed by atoms with E-state index in [1.807, 2.05) is 37.3 Å². The second-order valence-corrected chi connectivity index (χ2v) is 8.46. The fourth-order valence-corrected chi connectivity index (χ4v) is 4.34. The number of piperazine rings is 1. The van der Waals surface area contributed by atoms with Crippen molar-refractivity contribution < 1.29 is 14.5 Å². The molecule has 2 aromatic carbocycles. The fraction of sp³-hybridized carbons (Fsp3) is 0.417. The van der Waals surface area contributed by atoms with E-state index in [-0.39, 0.29) is 18.0 Å². The van der Waals surface area contributed by atoms with Crippen LogP contribution in [-0.2, 0) is 4.79 Å². The summed E-state index contributed by atoms with van der Waals surface area (Å²) < 4.78 is 0. The predicted octanol–water partition coefficient (Wildman–Crippen LogP) is 0.805. The number of benzene rings is 2. The quantitative estimate of drug-likeness (QED) is 0.645. The Kier molecular flexibility index (Phi) is 6.72. The van der Waals surface area contributed by atoms with E-state index in [4.69, 9.17) is 0 Å². The van der Waals surface area contributed by atoms with Crippen LogP contribution in [0.25, 0.3) is 0 Å². The lowest BCUT2D eigenvalue weighted by Crippen LogP contribution is -3.15. The van der Waals surface area contributed by atoms with Crippen LogP contribution in [-0.4, -0.2) is 63.8 Å². The number of aryl methyl sites for hydroxylation is 1. The molecule has 2 fully saturated rings. The average molecular weight is 423 g/mol. The molecule has 0 unspecified atom stereocenters. The summed E-state index contributed by atoms with van der Waals surface area (Å²) >= 11 is 0. The first-order valence-electron chi connectivity index (χ1n) is 11.1. The molecule has 2 saturated heterocycles. The largest absolute Gasteiger partial charge is 0.360 e. The van der Waals surface area contributed by atoms with E-state index < -0.39 is 0 Å². The van der Waals surface area contributed by atoms with Crippen molar-refractivity contribution in [2.24, 2.45) is 0 Å². The van der Waals surface area contributed by atoms with Gasteiger partial charge in [-0.15, -0.1) is 0 Å². The summed E-state index contributed by atoms with van der Waals surface area (Å²) in [5.41, 5.74) is 3.33. The molecule has 1 atom stereocenters. The summed E-state index contributed by atoms with van der Waals surface area (Å²) in [4.78, 5) is 30.3. The molecule has 7 nitrogen and oxygen atoms in total. The van der Waals surface area contributed by atoms with Gasteiger partial charge in [-0.25, -0.2) is 4.79 Å². The number of anilines is 2. The molecule has 3 N–H and O–H groups in total. The van der Waals surface area contributed by atoms with E-state index >= 15 is 0 Å². The highest BCUT2D eigenvalue weighted by Gasteiger charge is 2.31. The number of urea groups is 1. The van der Waals surface area contributed by atoms with E-state index in [1.165, 1.54) is 10.6 Å². The summed E-state index contributed by atoms with van der Waals surface area (Å²) in [5, 5.41) is 5.92. The number of amides is 3. The average Bonchev–Trinajstić information content (AvgIpc) is 3.15. The Hall–Kier alpha value is -3.06. The Labute approximate surface area is 184 Å². The Morgan fingerprint density at radius 2 is 1.74 bits per heavy atom. The molecule has 2 heterocycles. The first-order chi connectivity index (χ1) is 15.1. The van der Waals surface area contributed by atoms with Crippen LogP contribution in [0.15, 0.2) is 54.6 Å². The molecular weight excluding hydrogens is 390 g/mol. The molecule has 4 rings (SSSR count). The summed E-state index contributed by atoms with van der Waals surface area (Å²) in [6, 6.07) is 18.1. The molecule has 0 aromatic heterocycles. The van der Waals surface area contributed by atoms with Crippen LogP contribution in [0.2, 0.25) is 0 Å². The normalized spacial score (nSPS) is 19.5. The maximum atomic E-state index is 12.3.